The van der Waals surface area contributed by atoms with E-state index in [1.165, 1.54) is 32.1 Å². The van der Waals surface area contributed by atoms with E-state index in [9.17, 15) is 0 Å². The second kappa shape index (κ2) is 6.88. The predicted octanol–water partition coefficient (Wildman–Crippen LogP) is 2.04. The van der Waals surface area contributed by atoms with E-state index >= 15 is 0 Å². The van der Waals surface area contributed by atoms with Gasteiger partial charge in [-0.1, -0.05) is 26.7 Å². The van der Waals surface area contributed by atoms with E-state index in [-0.39, 0.29) is 0 Å². The van der Waals surface area contributed by atoms with Crippen molar-refractivity contribution in [3.63, 3.8) is 0 Å². The summed E-state index contributed by atoms with van der Waals surface area (Å²) in [6.45, 7) is 8.75. The van der Waals surface area contributed by atoms with Crippen LogP contribution in [0.25, 0.3) is 0 Å². The maximum atomic E-state index is 4.28. The lowest BCUT2D eigenvalue weighted by atomic mass is 9.79. The van der Waals surface area contributed by atoms with Crippen molar-refractivity contribution in [3.05, 3.63) is 12.2 Å². The fourth-order valence-corrected chi connectivity index (χ4v) is 4.17. The largest absolute Gasteiger partial charge is 0.315 e. The highest BCUT2D eigenvalue weighted by molar-refractivity contribution is 4.97. The lowest BCUT2D eigenvalue weighted by Crippen LogP contribution is -2.54. The van der Waals surface area contributed by atoms with Gasteiger partial charge in [-0.2, -0.15) is 0 Å². The Kier molecular flexibility index (Phi) is 4.91. The van der Waals surface area contributed by atoms with E-state index in [0.29, 0.717) is 12.1 Å². The first kappa shape index (κ1) is 15.0. The molecule has 1 aromatic heterocycles. The number of fused-ring (bicyclic) bond motifs is 1. The molecule has 0 amide bonds. The zero-order chi connectivity index (χ0) is 14.7. The van der Waals surface area contributed by atoms with Crippen molar-refractivity contribution >= 4 is 0 Å². The molecular formula is C16H29N5. The minimum atomic E-state index is 0.651. The molecule has 0 radical (unpaired) electrons. The molecule has 1 fully saturated rings. The van der Waals surface area contributed by atoms with Gasteiger partial charge in [-0.25, -0.2) is 0 Å². The monoisotopic (exact) mass is 291 g/mol. The molecule has 0 aromatic carbocycles. The summed E-state index contributed by atoms with van der Waals surface area (Å²) in [5.41, 5.74) is 0. The molecule has 2 aliphatic rings. The van der Waals surface area contributed by atoms with Crippen LogP contribution in [0.15, 0.2) is 6.33 Å². The number of hydrogen-bond donors (Lipinski definition) is 1. The summed E-state index contributed by atoms with van der Waals surface area (Å²) in [5, 5.41) is 12.1. The molecule has 0 bridgehead atoms. The average Bonchev–Trinajstić information content (AvgIpc) is 2.97. The highest BCUT2D eigenvalue weighted by Gasteiger charge is 2.35. The molecule has 5 nitrogen and oxygen atoms in total. The van der Waals surface area contributed by atoms with Crippen molar-refractivity contribution in [1.82, 2.24) is 25.0 Å². The summed E-state index contributed by atoms with van der Waals surface area (Å²) >= 11 is 0. The number of likely N-dealkylation sites (N-methyl/N-ethyl adjacent to an activating group) is 1. The Morgan fingerprint density at radius 2 is 2.19 bits per heavy atom. The molecule has 118 valence electrons. The zero-order valence-electron chi connectivity index (χ0n) is 13.5. The van der Waals surface area contributed by atoms with Gasteiger partial charge in [0, 0.05) is 25.2 Å². The third kappa shape index (κ3) is 3.29. The highest BCUT2D eigenvalue weighted by Crippen LogP contribution is 2.32. The molecule has 1 aliphatic heterocycles. The van der Waals surface area contributed by atoms with Crippen molar-refractivity contribution in [2.45, 2.75) is 71.1 Å². The minimum absolute atomic E-state index is 0.651. The van der Waals surface area contributed by atoms with Crippen LogP contribution in [0.4, 0.5) is 0 Å². The topological polar surface area (TPSA) is 46.0 Å². The zero-order valence-corrected chi connectivity index (χ0v) is 13.5. The summed E-state index contributed by atoms with van der Waals surface area (Å²) in [6.07, 6.45) is 8.64. The van der Waals surface area contributed by atoms with E-state index in [1.807, 2.05) is 6.33 Å². The Balaban J connectivity index is 1.70. The van der Waals surface area contributed by atoms with Crippen LogP contribution in [-0.2, 0) is 13.1 Å². The molecule has 1 N–H and O–H groups in total. The second-order valence-electron chi connectivity index (χ2n) is 6.61. The maximum Gasteiger partial charge on any atom is 0.147 e. The first-order chi connectivity index (χ1) is 10.3. The third-order valence-corrected chi connectivity index (χ3v) is 5.23. The lowest BCUT2D eigenvalue weighted by molar-refractivity contribution is 0.0709. The fraction of sp³-hybridized carbons (Fsp3) is 0.875. The Bertz CT molecular complexity index is 444. The van der Waals surface area contributed by atoms with E-state index in [1.54, 1.807) is 0 Å². The van der Waals surface area contributed by atoms with Gasteiger partial charge in [-0.3, -0.25) is 4.90 Å². The van der Waals surface area contributed by atoms with Crippen LogP contribution in [0.1, 0.15) is 51.8 Å². The van der Waals surface area contributed by atoms with Crippen LogP contribution in [-0.4, -0.2) is 44.8 Å². The Hall–Kier alpha value is -0.940. The molecular weight excluding hydrogens is 262 g/mol. The molecule has 0 saturated heterocycles. The summed E-state index contributed by atoms with van der Waals surface area (Å²) in [7, 11) is 0. The van der Waals surface area contributed by atoms with Crippen LogP contribution in [0, 0.1) is 5.92 Å². The van der Waals surface area contributed by atoms with Crippen molar-refractivity contribution in [2.24, 2.45) is 5.92 Å². The smallest absolute Gasteiger partial charge is 0.147 e. The highest BCUT2D eigenvalue weighted by atomic mass is 15.3. The Labute approximate surface area is 128 Å². The molecule has 2 heterocycles. The minimum Gasteiger partial charge on any atom is -0.315 e. The van der Waals surface area contributed by atoms with Crippen molar-refractivity contribution in [3.8, 4) is 0 Å². The third-order valence-electron chi connectivity index (χ3n) is 5.23. The molecule has 5 heteroatoms. The van der Waals surface area contributed by atoms with Crippen molar-refractivity contribution in [2.75, 3.05) is 13.1 Å². The SMILES string of the molecule is CCCC1CCC(NCC)C(N2CCn3cnnc3C2)C1. The van der Waals surface area contributed by atoms with Gasteiger partial charge >= 0.3 is 0 Å². The second-order valence-corrected chi connectivity index (χ2v) is 6.61. The standard InChI is InChI=1S/C16H29N5/c1-3-5-13-6-7-14(17-4-2)15(10-13)20-8-9-21-12-18-19-16(21)11-20/h12-15,17H,3-11H2,1-2H3. The van der Waals surface area contributed by atoms with Crippen LogP contribution in [0.5, 0.6) is 0 Å². The number of rotatable bonds is 5. The molecule has 1 aliphatic carbocycles. The van der Waals surface area contributed by atoms with Crippen molar-refractivity contribution in [1.29, 1.82) is 0 Å². The molecule has 1 saturated carbocycles. The number of nitrogens with one attached hydrogen (secondary N) is 1. The van der Waals surface area contributed by atoms with Gasteiger partial charge in [-0.05, 0) is 31.7 Å². The maximum absolute atomic E-state index is 4.28. The summed E-state index contributed by atoms with van der Waals surface area (Å²) in [6, 6.07) is 1.32. The first-order valence-corrected chi connectivity index (χ1v) is 8.66. The van der Waals surface area contributed by atoms with E-state index in [2.05, 4.69) is 38.8 Å². The van der Waals surface area contributed by atoms with Crippen molar-refractivity contribution < 1.29 is 0 Å². The van der Waals surface area contributed by atoms with E-state index < -0.39 is 0 Å². The van der Waals surface area contributed by atoms with Crippen LogP contribution in [0.2, 0.25) is 0 Å². The van der Waals surface area contributed by atoms with Crippen LogP contribution in [0.3, 0.4) is 0 Å². The number of hydrogen-bond acceptors (Lipinski definition) is 4. The van der Waals surface area contributed by atoms with Gasteiger partial charge in [0.05, 0.1) is 6.54 Å². The van der Waals surface area contributed by atoms with Gasteiger partial charge in [0.15, 0.2) is 0 Å². The summed E-state index contributed by atoms with van der Waals surface area (Å²) in [5.74, 6) is 2.05. The quantitative estimate of drug-likeness (QED) is 0.902. The van der Waals surface area contributed by atoms with E-state index in [0.717, 1.165) is 37.9 Å². The van der Waals surface area contributed by atoms with E-state index in [4.69, 9.17) is 0 Å². The molecule has 3 rings (SSSR count). The first-order valence-electron chi connectivity index (χ1n) is 8.66. The van der Waals surface area contributed by atoms with Gasteiger partial charge in [0.2, 0.25) is 0 Å². The van der Waals surface area contributed by atoms with Gasteiger partial charge < -0.3 is 9.88 Å². The number of aromatic nitrogens is 3. The fourth-order valence-electron chi connectivity index (χ4n) is 4.17. The van der Waals surface area contributed by atoms with Gasteiger partial charge in [0.1, 0.15) is 12.2 Å². The number of nitrogens with zero attached hydrogens (tertiary/aromatic N) is 4. The summed E-state index contributed by atoms with van der Waals surface area (Å²) in [4.78, 5) is 2.65. The predicted molar refractivity (Wildman–Crippen MR) is 83.9 cm³/mol. The normalized spacial score (nSPS) is 30.3. The van der Waals surface area contributed by atoms with Gasteiger partial charge in [0.25, 0.3) is 0 Å². The molecule has 0 spiro atoms. The molecule has 21 heavy (non-hydrogen) atoms. The Morgan fingerprint density at radius 1 is 1.29 bits per heavy atom. The average molecular weight is 291 g/mol. The van der Waals surface area contributed by atoms with Crippen LogP contribution >= 0.6 is 0 Å². The Morgan fingerprint density at radius 3 is 3.00 bits per heavy atom. The molecule has 1 aromatic rings. The molecule has 3 unspecified atom stereocenters. The molecule has 3 atom stereocenters. The van der Waals surface area contributed by atoms with Gasteiger partial charge in [-0.15, -0.1) is 10.2 Å². The van der Waals surface area contributed by atoms with Crippen LogP contribution < -0.4 is 5.32 Å². The summed E-state index contributed by atoms with van der Waals surface area (Å²) < 4.78 is 2.20. The lowest BCUT2D eigenvalue weighted by Gasteiger charge is -2.44.